The van der Waals surface area contributed by atoms with Crippen LogP contribution in [0.5, 0.6) is 0 Å². The molecule has 50 valence electrons. The maximum absolute atomic E-state index is 5.60. The minimum atomic E-state index is 0.00231. The molecule has 4 heteroatoms. The van der Waals surface area contributed by atoms with E-state index < -0.39 is 0 Å². The van der Waals surface area contributed by atoms with Crippen LogP contribution >= 0.6 is 22.9 Å². The Morgan fingerprint density at radius 1 is 1.89 bits per heavy atom. The minimum absolute atomic E-state index is 0.00231. The fourth-order valence-corrected chi connectivity index (χ4v) is 1.36. The van der Waals surface area contributed by atoms with Crippen LogP contribution in [0.25, 0.3) is 0 Å². The van der Waals surface area contributed by atoms with Gasteiger partial charge in [-0.05, 0) is 6.92 Å². The van der Waals surface area contributed by atoms with Crippen molar-refractivity contribution in [3.8, 4) is 0 Å². The minimum Gasteiger partial charge on any atom is -0.322 e. The second-order valence-electron chi connectivity index (χ2n) is 1.79. The van der Waals surface area contributed by atoms with Gasteiger partial charge in [-0.25, -0.2) is 4.98 Å². The average Bonchev–Trinajstić information content (AvgIpc) is 2.14. The van der Waals surface area contributed by atoms with Crippen LogP contribution < -0.4 is 5.73 Å². The highest BCUT2D eigenvalue weighted by Crippen LogP contribution is 2.21. The lowest BCUT2D eigenvalue weighted by Gasteiger charge is -1.94. The summed E-state index contributed by atoms with van der Waals surface area (Å²) in [5, 5.41) is 0.889. The molecule has 9 heavy (non-hydrogen) atoms. The van der Waals surface area contributed by atoms with Gasteiger partial charge in [-0.3, -0.25) is 0 Å². The van der Waals surface area contributed by atoms with Gasteiger partial charge in [0.1, 0.15) is 9.34 Å². The van der Waals surface area contributed by atoms with Crippen molar-refractivity contribution in [2.45, 2.75) is 13.0 Å². The Bertz CT molecular complexity index is 197. The lowest BCUT2D eigenvalue weighted by molar-refractivity contribution is 0.807. The number of hydrogen-bond acceptors (Lipinski definition) is 3. The van der Waals surface area contributed by atoms with E-state index in [4.69, 9.17) is 17.3 Å². The molecule has 1 rings (SSSR count). The van der Waals surface area contributed by atoms with Crippen molar-refractivity contribution in [1.29, 1.82) is 0 Å². The highest BCUT2D eigenvalue weighted by atomic mass is 35.5. The highest BCUT2D eigenvalue weighted by molar-refractivity contribution is 7.15. The summed E-state index contributed by atoms with van der Waals surface area (Å²) >= 11 is 7.03. The van der Waals surface area contributed by atoms with Crippen molar-refractivity contribution in [1.82, 2.24) is 4.98 Å². The SMILES string of the molecule is C[C@H](N)c1ncc(Cl)s1. The Kier molecular flexibility index (Phi) is 2.05. The van der Waals surface area contributed by atoms with Crippen molar-refractivity contribution in [3.05, 3.63) is 15.5 Å². The van der Waals surface area contributed by atoms with E-state index in [2.05, 4.69) is 4.98 Å². The van der Waals surface area contributed by atoms with Crippen LogP contribution in [0, 0.1) is 0 Å². The summed E-state index contributed by atoms with van der Waals surface area (Å²) in [6.07, 6.45) is 1.62. The van der Waals surface area contributed by atoms with Crippen LogP contribution in [0.2, 0.25) is 4.34 Å². The van der Waals surface area contributed by atoms with Crippen molar-refractivity contribution >= 4 is 22.9 Å². The number of nitrogens with zero attached hydrogens (tertiary/aromatic N) is 1. The van der Waals surface area contributed by atoms with Gasteiger partial charge in [-0.15, -0.1) is 11.3 Å². The predicted octanol–water partition coefficient (Wildman–Crippen LogP) is 1.82. The topological polar surface area (TPSA) is 38.9 Å². The molecule has 0 aliphatic heterocycles. The molecule has 1 aromatic rings. The Morgan fingerprint density at radius 2 is 2.56 bits per heavy atom. The second kappa shape index (κ2) is 2.64. The van der Waals surface area contributed by atoms with Crippen molar-refractivity contribution in [3.63, 3.8) is 0 Å². The zero-order chi connectivity index (χ0) is 6.85. The van der Waals surface area contributed by atoms with E-state index in [-0.39, 0.29) is 6.04 Å². The normalized spacial score (nSPS) is 13.7. The lowest BCUT2D eigenvalue weighted by atomic mass is 10.4. The number of halogens is 1. The van der Waals surface area contributed by atoms with Crippen LogP contribution in [-0.2, 0) is 0 Å². The van der Waals surface area contributed by atoms with E-state index >= 15 is 0 Å². The third-order valence-corrected chi connectivity index (χ3v) is 2.20. The summed E-state index contributed by atoms with van der Waals surface area (Å²) in [6, 6.07) is 0.00231. The largest absolute Gasteiger partial charge is 0.322 e. The Balaban J connectivity index is 2.85. The van der Waals surface area contributed by atoms with E-state index in [1.807, 2.05) is 6.92 Å². The van der Waals surface area contributed by atoms with Gasteiger partial charge in [0.2, 0.25) is 0 Å². The summed E-state index contributed by atoms with van der Waals surface area (Å²) in [6.45, 7) is 1.88. The molecule has 0 fully saturated rings. The molecule has 0 spiro atoms. The Hall–Kier alpha value is -0.120. The average molecular weight is 163 g/mol. The maximum atomic E-state index is 5.60. The molecular weight excluding hydrogens is 156 g/mol. The molecule has 0 saturated carbocycles. The Labute approximate surface area is 62.7 Å². The third kappa shape index (κ3) is 1.64. The van der Waals surface area contributed by atoms with Crippen LogP contribution in [0.15, 0.2) is 6.20 Å². The van der Waals surface area contributed by atoms with Crippen molar-refractivity contribution < 1.29 is 0 Å². The summed E-state index contributed by atoms with van der Waals surface area (Å²) in [5.74, 6) is 0. The number of rotatable bonds is 1. The third-order valence-electron chi connectivity index (χ3n) is 0.885. The molecule has 0 aliphatic carbocycles. The van der Waals surface area contributed by atoms with E-state index in [0.29, 0.717) is 4.34 Å². The first-order valence-electron chi connectivity index (χ1n) is 2.57. The van der Waals surface area contributed by atoms with Crippen molar-refractivity contribution in [2.24, 2.45) is 5.73 Å². The summed E-state index contributed by atoms with van der Waals surface area (Å²) in [5.41, 5.74) is 5.52. The van der Waals surface area contributed by atoms with E-state index in [1.54, 1.807) is 6.20 Å². The molecule has 2 nitrogen and oxygen atoms in total. The zero-order valence-electron chi connectivity index (χ0n) is 4.97. The molecule has 0 amide bonds. The van der Waals surface area contributed by atoms with E-state index in [9.17, 15) is 0 Å². The monoisotopic (exact) mass is 162 g/mol. The molecular formula is C5H7ClN2S. The lowest BCUT2D eigenvalue weighted by Crippen LogP contribution is -2.03. The molecule has 2 N–H and O–H groups in total. The van der Waals surface area contributed by atoms with Gasteiger partial charge in [0.05, 0.1) is 12.2 Å². The number of hydrogen-bond donors (Lipinski definition) is 1. The van der Waals surface area contributed by atoms with Gasteiger partial charge in [0, 0.05) is 0 Å². The first-order valence-corrected chi connectivity index (χ1v) is 3.76. The van der Waals surface area contributed by atoms with Gasteiger partial charge in [0.15, 0.2) is 0 Å². The molecule has 0 bridgehead atoms. The number of thiazole rings is 1. The standard InChI is InChI=1S/C5H7ClN2S/c1-3(7)5-8-2-4(6)9-5/h2-3H,7H2,1H3/t3-/m0/s1. The zero-order valence-corrected chi connectivity index (χ0v) is 6.54. The second-order valence-corrected chi connectivity index (χ2v) is 3.48. The fourth-order valence-electron chi connectivity index (χ4n) is 0.477. The van der Waals surface area contributed by atoms with Gasteiger partial charge >= 0.3 is 0 Å². The quantitative estimate of drug-likeness (QED) is 0.684. The molecule has 0 saturated heterocycles. The van der Waals surface area contributed by atoms with Crippen molar-refractivity contribution in [2.75, 3.05) is 0 Å². The Morgan fingerprint density at radius 3 is 2.78 bits per heavy atom. The predicted molar refractivity (Wildman–Crippen MR) is 39.7 cm³/mol. The van der Waals surface area contributed by atoms with E-state index in [1.165, 1.54) is 11.3 Å². The van der Waals surface area contributed by atoms with Gasteiger partial charge < -0.3 is 5.73 Å². The van der Waals surface area contributed by atoms with Gasteiger partial charge in [0.25, 0.3) is 0 Å². The van der Waals surface area contributed by atoms with Gasteiger partial charge in [-0.1, -0.05) is 11.6 Å². The molecule has 0 radical (unpaired) electrons. The summed E-state index contributed by atoms with van der Waals surface area (Å²) in [4.78, 5) is 3.98. The van der Waals surface area contributed by atoms with Crippen LogP contribution in [0.3, 0.4) is 0 Å². The fraction of sp³-hybridized carbons (Fsp3) is 0.400. The highest BCUT2D eigenvalue weighted by Gasteiger charge is 2.02. The summed E-state index contributed by atoms with van der Waals surface area (Å²) in [7, 11) is 0. The molecule has 0 aliphatic rings. The number of aromatic nitrogens is 1. The molecule has 1 atom stereocenters. The first-order chi connectivity index (χ1) is 4.20. The summed E-state index contributed by atoms with van der Waals surface area (Å²) < 4.78 is 0.697. The van der Waals surface area contributed by atoms with Crippen LogP contribution in [0.4, 0.5) is 0 Å². The van der Waals surface area contributed by atoms with Crippen LogP contribution in [0.1, 0.15) is 18.0 Å². The molecule has 0 aromatic carbocycles. The number of nitrogens with two attached hydrogens (primary N) is 1. The van der Waals surface area contributed by atoms with Crippen LogP contribution in [-0.4, -0.2) is 4.98 Å². The molecule has 1 aromatic heterocycles. The molecule has 1 heterocycles. The smallest absolute Gasteiger partial charge is 0.113 e. The van der Waals surface area contributed by atoms with E-state index in [0.717, 1.165) is 5.01 Å². The molecule has 0 unspecified atom stereocenters. The maximum Gasteiger partial charge on any atom is 0.113 e. The first kappa shape index (κ1) is 6.99. The van der Waals surface area contributed by atoms with Gasteiger partial charge in [-0.2, -0.15) is 0 Å².